The third-order valence-corrected chi connectivity index (χ3v) is 3.96. The van der Waals surface area contributed by atoms with Crippen molar-refractivity contribution in [3.8, 4) is 0 Å². The molecule has 0 bridgehead atoms. The molecule has 0 fully saturated rings. The van der Waals surface area contributed by atoms with Crippen LogP contribution < -0.4 is 15.5 Å². The van der Waals surface area contributed by atoms with Gasteiger partial charge in [-0.1, -0.05) is 18.5 Å². The average Bonchev–Trinajstić information content (AvgIpc) is 2.73. The van der Waals surface area contributed by atoms with Crippen LogP contribution in [0.2, 0.25) is 5.02 Å². The Morgan fingerprint density at radius 3 is 2.60 bits per heavy atom. The van der Waals surface area contributed by atoms with Crippen LogP contribution in [0.25, 0.3) is 0 Å². The number of hydrogen-bond donors (Lipinski definition) is 2. The van der Waals surface area contributed by atoms with Gasteiger partial charge in [-0.05, 0) is 38.9 Å². The number of anilines is 2. The summed E-state index contributed by atoms with van der Waals surface area (Å²) in [6, 6.07) is 3.61. The molecule has 4 nitrogen and oxygen atoms in total. The number of halogens is 1. The van der Waals surface area contributed by atoms with Crippen LogP contribution in [0.5, 0.6) is 0 Å². The van der Waals surface area contributed by atoms with E-state index in [0.717, 1.165) is 43.0 Å². The van der Waals surface area contributed by atoms with Gasteiger partial charge >= 0.3 is 0 Å². The second kappa shape index (κ2) is 6.46. The summed E-state index contributed by atoms with van der Waals surface area (Å²) in [6.07, 6.45) is 0.990. The molecule has 1 unspecified atom stereocenters. The lowest BCUT2D eigenvalue weighted by atomic mass is 10.1. The number of carbonyl (C=O) groups excluding carboxylic acids is 1. The molecule has 2 N–H and O–H groups in total. The Morgan fingerprint density at radius 1 is 1.30 bits per heavy atom. The van der Waals surface area contributed by atoms with E-state index < -0.39 is 0 Å². The predicted molar refractivity (Wildman–Crippen MR) is 84.7 cm³/mol. The Hall–Kier alpha value is -1.26. The topological polar surface area (TPSA) is 44.4 Å². The van der Waals surface area contributed by atoms with Crippen molar-refractivity contribution in [2.45, 2.75) is 33.2 Å². The minimum Gasteiger partial charge on any atom is -0.371 e. The Bertz CT molecular complexity index is 500. The molecule has 0 aromatic heterocycles. The van der Waals surface area contributed by atoms with Gasteiger partial charge in [-0.2, -0.15) is 0 Å². The van der Waals surface area contributed by atoms with E-state index in [4.69, 9.17) is 11.6 Å². The first kappa shape index (κ1) is 15.1. The van der Waals surface area contributed by atoms with E-state index in [1.807, 2.05) is 12.1 Å². The summed E-state index contributed by atoms with van der Waals surface area (Å²) in [6.45, 7) is 8.86. The molecule has 0 spiro atoms. The Balaban J connectivity index is 2.34. The first-order valence-electron chi connectivity index (χ1n) is 7.24. The van der Waals surface area contributed by atoms with Crippen molar-refractivity contribution in [1.29, 1.82) is 0 Å². The summed E-state index contributed by atoms with van der Waals surface area (Å²) in [5.41, 5.74) is 2.80. The maximum absolute atomic E-state index is 12.0. The highest BCUT2D eigenvalue weighted by atomic mass is 35.5. The maximum Gasteiger partial charge on any atom is 0.246 e. The van der Waals surface area contributed by atoms with Gasteiger partial charge in [0, 0.05) is 24.3 Å². The van der Waals surface area contributed by atoms with Gasteiger partial charge in [-0.15, -0.1) is 0 Å². The third-order valence-electron chi connectivity index (χ3n) is 3.65. The molecule has 1 heterocycles. The van der Waals surface area contributed by atoms with E-state index in [1.54, 1.807) is 0 Å². The summed E-state index contributed by atoms with van der Waals surface area (Å²) in [4.78, 5) is 14.2. The van der Waals surface area contributed by atoms with Gasteiger partial charge in [0.05, 0.1) is 10.7 Å². The van der Waals surface area contributed by atoms with Crippen molar-refractivity contribution >= 4 is 28.9 Å². The van der Waals surface area contributed by atoms with Crippen LogP contribution in [0.15, 0.2) is 12.1 Å². The lowest BCUT2D eigenvalue weighted by Crippen LogP contribution is -2.28. The largest absolute Gasteiger partial charge is 0.371 e. The highest BCUT2D eigenvalue weighted by Gasteiger charge is 2.31. The molecule has 1 aliphatic rings. The number of nitrogens with zero attached hydrogens (tertiary/aromatic N) is 1. The van der Waals surface area contributed by atoms with Gasteiger partial charge in [0.15, 0.2) is 0 Å². The monoisotopic (exact) mass is 295 g/mol. The van der Waals surface area contributed by atoms with E-state index in [-0.39, 0.29) is 11.9 Å². The molecule has 1 aromatic carbocycles. The number of nitrogens with one attached hydrogen (secondary N) is 2. The quantitative estimate of drug-likeness (QED) is 0.847. The molecule has 110 valence electrons. The van der Waals surface area contributed by atoms with Crippen molar-refractivity contribution < 1.29 is 4.79 Å². The van der Waals surface area contributed by atoms with Crippen LogP contribution in [0.3, 0.4) is 0 Å². The van der Waals surface area contributed by atoms with E-state index in [1.165, 1.54) is 0 Å². The summed E-state index contributed by atoms with van der Waals surface area (Å²) in [5.74, 6) is 0.00112. The van der Waals surface area contributed by atoms with Crippen LogP contribution >= 0.6 is 11.6 Å². The van der Waals surface area contributed by atoms with Crippen molar-refractivity contribution in [1.82, 2.24) is 5.32 Å². The normalized spacial score (nSPS) is 17.0. The van der Waals surface area contributed by atoms with Crippen LogP contribution in [-0.2, 0) is 4.79 Å². The number of carbonyl (C=O) groups is 1. The lowest BCUT2D eigenvalue weighted by Gasteiger charge is -2.23. The zero-order chi connectivity index (χ0) is 14.7. The van der Waals surface area contributed by atoms with E-state index in [0.29, 0.717) is 5.02 Å². The molecule has 1 amide bonds. The zero-order valence-electron chi connectivity index (χ0n) is 12.3. The van der Waals surface area contributed by atoms with Crippen LogP contribution in [-0.4, -0.2) is 25.5 Å². The van der Waals surface area contributed by atoms with Crippen molar-refractivity contribution in [3.05, 3.63) is 22.7 Å². The Kier molecular flexibility index (Phi) is 4.89. The van der Waals surface area contributed by atoms with Crippen molar-refractivity contribution in [2.24, 2.45) is 0 Å². The molecule has 0 radical (unpaired) electrons. The Morgan fingerprint density at radius 2 is 2.00 bits per heavy atom. The molecular weight excluding hydrogens is 274 g/mol. The predicted octanol–water partition coefficient (Wildman–Crippen LogP) is 3.18. The maximum atomic E-state index is 12.0. The number of rotatable bonds is 6. The van der Waals surface area contributed by atoms with Crippen molar-refractivity contribution in [3.63, 3.8) is 0 Å². The summed E-state index contributed by atoms with van der Waals surface area (Å²) in [7, 11) is 0. The minimum absolute atomic E-state index is 0.00112. The highest BCUT2D eigenvalue weighted by Crippen LogP contribution is 2.38. The molecule has 0 saturated carbocycles. The molecule has 0 aliphatic carbocycles. The molecule has 2 rings (SSSR count). The van der Waals surface area contributed by atoms with Gasteiger partial charge in [-0.25, -0.2) is 0 Å². The zero-order valence-corrected chi connectivity index (χ0v) is 13.0. The second-order valence-corrected chi connectivity index (χ2v) is 5.35. The molecular formula is C15H22ClN3O. The van der Waals surface area contributed by atoms with Crippen molar-refractivity contribution in [2.75, 3.05) is 29.9 Å². The van der Waals surface area contributed by atoms with E-state index in [9.17, 15) is 4.79 Å². The van der Waals surface area contributed by atoms with Gasteiger partial charge in [0.25, 0.3) is 0 Å². The smallest absolute Gasteiger partial charge is 0.246 e. The number of hydrogen-bond acceptors (Lipinski definition) is 3. The molecule has 1 aromatic rings. The summed E-state index contributed by atoms with van der Waals surface area (Å²) in [5, 5.41) is 6.90. The van der Waals surface area contributed by atoms with Gasteiger partial charge in [0.1, 0.15) is 6.04 Å². The van der Waals surface area contributed by atoms with Gasteiger partial charge in [-0.3, -0.25) is 4.79 Å². The number of benzene rings is 1. The molecule has 5 heteroatoms. The van der Waals surface area contributed by atoms with E-state index >= 15 is 0 Å². The van der Waals surface area contributed by atoms with Gasteiger partial charge < -0.3 is 15.5 Å². The number of amides is 1. The van der Waals surface area contributed by atoms with Crippen LogP contribution in [0.4, 0.5) is 11.4 Å². The van der Waals surface area contributed by atoms with Gasteiger partial charge in [0.2, 0.25) is 5.91 Å². The fourth-order valence-electron chi connectivity index (χ4n) is 2.57. The molecule has 1 atom stereocenters. The standard InChI is InChI=1S/C15H22ClN3O/c1-4-7-17-14-10-8-11(16)13(19(5-2)6-3)9-12(10)18-15(14)20/h8-9,14,17H,4-7H2,1-3H3,(H,18,20). The lowest BCUT2D eigenvalue weighted by molar-refractivity contribution is -0.117. The first-order valence-corrected chi connectivity index (χ1v) is 7.62. The first-order chi connectivity index (χ1) is 9.62. The van der Waals surface area contributed by atoms with Crippen LogP contribution in [0, 0.1) is 0 Å². The Labute approximate surface area is 125 Å². The molecule has 0 saturated heterocycles. The fraction of sp³-hybridized carbons (Fsp3) is 0.533. The third kappa shape index (κ3) is 2.76. The molecule has 20 heavy (non-hydrogen) atoms. The summed E-state index contributed by atoms with van der Waals surface area (Å²) < 4.78 is 0. The summed E-state index contributed by atoms with van der Waals surface area (Å²) >= 11 is 6.40. The second-order valence-electron chi connectivity index (χ2n) is 4.94. The van der Waals surface area contributed by atoms with E-state index in [2.05, 4.69) is 36.3 Å². The SMILES string of the molecule is CCCNC1C(=O)Nc2cc(N(CC)CC)c(Cl)cc21. The highest BCUT2D eigenvalue weighted by molar-refractivity contribution is 6.33. The molecule has 1 aliphatic heterocycles. The average molecular weight is 296 g/mol. The number of fused-ring (bicyclic) bond motifs is 1. The fourth-order valence-corrected chi connectivity index (χ4v) is 2.86. The minimum atomic E-state index is -0.284. The van der Waals surface area contributed by atoms with Crippen LogP contribution in [0.1, 0.15) is 38.8 Å².